The van der Waals surface area contributed by atoms with Crippen molar-refractivity contribution in [3.05, 3.63) is 0 Å². The maximum Gasteiger partial charge on any atom is 0.302 e. The van der Waals surface area contributed by atoms with Gasteiger partial charge in [0.05, 0.1) is 6.10 Å². The summed E-state index contributed by atoms with van der Waals surface area (Å²) in [5.41, 5.74) is 0. The lowest BCUT2D eigenvalue weighted by Crippen LogP contribution is -2.59. The van der Waals surface area contributed by atoms with E-state index in [1.165, 1.54) is 6.92 Å². The monoisotopic (exact) mass is 406 g/mol. The van der Waals surface area contributed by atoms with Crippen LogP contribution in [0.15, 0.2) is 0 Å². The van der Waals surface area contributed by atoms with E-state index in [0.717, 1.165) is 12.8 Å². The Kier molecular flexibility index (Phi) is 6.38. The number of halogens is 3. The number of carbonyl (C=O) groups is 1. The van der Waals surface area contributed by atoms with E-state index >= 15 is 0 Å². The van der Waals surface area contributed by atoms with Gasteiger partial charge in [0.15, 0.2) is 0 Å². The van der Waals surface area contributed by atoms with E-state index < -0.39 is 27.0 Å². The molecule has 4 atom stereocenters. The first kappa shape index (κ1) is 16.7. The maximum atomic E-state index is 11.1. The molecule has 0 aliphatic carbocycles. The van der Waals surface area contributed by atoms with Crippen molar-refractivity contribution in [2.45, 2.75) is 60.2 Å². The number of rotatable bonds is 4. The first-order chi connectivity index (χ1) is 8.31. The molecule has 18 heavy (non-hydrogen) atoms. The molecule has 106 valence electrons. The van der Waals surface area contributed by atoms with Gasteiger partial charge in [0.2, 0.25) is 5.79 Å². The van der Waals surface area contributed by atoms with Crippen LogP contribution < -0.4 is 0 Å². The van der Waals surface area contributed by atoms with Crippen LogP contribution in [-0.2, 0) is 14.3 Å². The van der Waals surface area contributed by atoms with Gasteiger partial charge in [0.1, 0.15) is 15.2 Å². The topological polar surface area (TPSA) is 55.8 Å². The number of ether oxygens (including phenoxy) is 2. The van der Waals surface area contributed by atoms with Crippen LogP contribution in [0.2, 0.25) is 0 Å². The van der Waals surface area contributed by atoms with Crippen LogP contribution in [0.3, 0.4) is 0 Å². The fourth-order valence-electron chi connectivity index (χ4n) is 2.02. The molecule has 1 aliphatic rings. The van der Waals surface area contributed by atoms with Gasteiger partial charge in [-0.15, -0.1) is 11.6 Å². The zero-order valence-electron chi connectivity index (χ0n) is 10.2. The first-order valence-corrected chi connectivity index (χ1v) is 8.07. The summed E-state index contributed by atoms with van der Waals surface area (Å²) in [6.07, 6.45) is 1.44. The molecule has 7 heteroatoms. The number of hydrogen-bond donors (Lipinski definition) is 1. The molecule has 1 saturated heterocycles. The predicted octanol–water partition coefficient (Wildman–Crippen LogP) is 2.92. The van der Waals surface area contributed by atoms with Gasteiger partial charge >= 0.3 is 5.97 Å². The molecule has 0 aromatic rings. The number of carbonyl (C=O) groups excluding carboxylic acids is 1. The minimum absolute atomic E-state index is 0.183. The van der Waals surface area contributed by atoms with Crippen molar-refractivity contribution in [2.24, 2.45) is 0 Å². The van der Waals surface area contributed by atoms with E-state index in [4.69, 9.17) is 21.1 Å². The Hall–Kier alpha value is 0.640. The first-order valence-electron chi connectivity index (χ1n) is 5.80. The molecular weight excluding hydrogens is 391 g/mol. The van der Waals surface area contributed by atoms with Crippen LogP contribution in [-0.4, -0.2) is 38.2 Å². The van der Waals surface area contributed by atoms with Crippen molar-refractivity contribution in [1.82, 2.24) is 0 Å². The molecule has 1 heterocycles. The maximum absolute atomic E-state index is 11.1. The summed E-state index contributed by atoms with van der Waals surface area (Å²) >= 11 is 12.6. The van der Waals surface area contributed by atoms with Gasteiger partial charge in [-0.2, -0.15) is 0 Å². The molecule has 1 rings (SSSR count). The highest BCUT2D eigenvalue weighted by Gasteiger charge is 2.53. The zero-order chi connectivity index (χ0) is 13.9. The smallest absolute Gasteiger partial charge is 0.302 e. The van der Waals surface area contributed by atoms with Crippen LogP contribution in [0.1, 0.15) is 33.1 Å². The Labute approximate surface area is 129 Å². The third-order valence-corrected chi connectivity index (χ3v) is 4.72. The van der Waals surface area contributed by atoms with E-state index in [0.29, 0.717) is 6.42 Å². The fraction of sp³-hybridized carbons (Fsp3) is 0.909. The van der Waals surface area contributed by atoms with E-state index in [-0.39, 0.29) is 6.10 Å². The minimum atomic E-state index is -1.61. The lowest BCUT2D eigenvalue weighted by Gasteiger charge is -2.45. The highest BCUT2D eigenvalue weighted by Crippen LogP contribution is 2.41. The van der Waals surface area contributed by atoms with Crippen molar-refractivity contribution < 1.29 is 19.4 Å². The third-order valence-electron chi connectivity index (χ3n) is 2.81. The van der Waals surface area contributed by atoms with E-state index in [1.54, 1.807) is 0 Å². The molecule has 1 aliphatic heterocycles. The molecule has 1 N–H and O–H groups in total. The molecule has 0 aromatic carbocycles. The molecule has 0 amide bonds. The summed E-state index contributed by atoms with van der Waals surface area (Å²) in [6, 6.07) is 0. The lowest BCUT2D eigenvalue weighted by atomic mass is 9.96. The number of aliphatic hydroxyl groups is 1. The number of alkyl halides is 3. The van der Waals surface area contributed by atoms with Gasteiger partial charge in [0.25, 0.3) is 0 Å². The largest absolute Gasteiger partial charge is 0.461 e. The predicted molar refractivity (Wildman–Crippen MR) is 76.2 cm³/mol. The lowest BCUT2D eigenvalue weighted by molar-refractivity contribution is -0.260. The third kappa shape index (κ3) is 3.82. The van der Waals surface area contributed by atoms with Gasteiger partial charge in [-0.25, -0.2) is 0 Å². The van der Waals surface area contributed by atoms with Crippen molar-refractivity contribution in [2.75, 3.05) is 0 Å². The summed E-state index contributed by atoms with van der Waals surface area (Å²) in [6.45, 7) is 3.35. The normalized spacial score (nSPS) is 36.7. The Balaban J connectivity index is 2.88. The number of hydrogen-bond acceptors (Lipinski definition) is 4. The van der Waals surface area contributed by atoms with Crippen LogP contribution in [0.5, 0.6) is 0 Å². The van der Waals surface area contributed by atoms with Crippen LogP contribution >= 0.6 is 43.5 Å². The average Bonchev–Trinajstić information content (AvgIpc) is 2.24. The van der Waals surface area contributed by atoms with Gasteiger partial charge in [-0.05, 0) is 6.42 Å². The molecule has 0 spiro atoms. The van der Waals surface area contributed by atoms with E-state index in [2.05, 4.69) is 31.9 Å². The van der Waals surface area contributed by atoms with Crippen molar-refractivity contribution in [3.63, 3.8) is 0 Å². The Morgan fingerprint density at radius 2 is 2.28 bits per heavy atom. The molecule has 0 unspecified atom stereocenters. The molecule has 0 radical (unpaired) electrons. The molecule has 0 bridgehead atoms. The van der Waals surface area contributed by atoms with Gasteiger partial charge in [-0.3, -0.25) is 4.79 Å². The summed E-state index contributed by atoms with van der Waals surface area (Å²) in [5, 5.41) is 9.62. The van der Waals surface area contributed by atoms with Crippen molar-refractivity contribution in [1.29, 1.82) is 0 Å². The van der Waals surface area contributed by atoms with E-state index in [1.807, 2.05) is 6.92 Å². The molecule has 4 nitrogen and oxygen atoms in total. The van der Waals surface area contributed by atoms with Crippen LogP contribution in [0.25, 0.3) is 0 Å². The Morgan fingerprint density at radius 3 is 2.72 bits per heavy atom. The van der Waals surface area contributed by atoms with Crippen LogP contribution in [0, 0.1) is 0 Å². The SMILES string of the molecule is CCC[C@@H]1C[C@@H](OC(C)=O)[C@H](Cl)[C@](O)(C(Br)Br)O1. The Morgan fingerprint density at radius 1 is 1.67 bits per heavy atom. The fourth-order valence-corrected chi connectivity index (χ4v) is 3.44. The second-order valence-electron chi connectivity index (χ2n) is 4.37. The highest BCUT2D eigenvalue weighted by molar-refractivity contribution is 9.24. The standard InChI is InChI=1S/C11H17Br2ClO4/c1-3-4-7-5-8(17-6(2)15)9(14)11(16,18-7)10(12)13/h7-10,16H,3-5H2,1-2H3/t7-,8-,9+,11-/m1/s1. The van der Waals surface area contributed by atoms with Gasteiger partial charge < -0.3 is 14.6 Å². The highest BCUT2D eigenvalue weighted by atomic mass is 79.9. The molecular formula is C11H17Br2ClO4. The van der Waals surface area contributed by atoms with Gasteiger partial charge in [-0.1, -0.05) is 45.2 Å². The quantitative estimate of drug-likeness (QED) is 0.574. The average molecular weight is 409 g/mol. The summed E-state index contributed by atoms with van der Waals surface area (Å²) in [4.78, 5) is 11.1. The van der Waals surface area contributed by atoms with Crippen molar-refractivity contribution in [3.8, 4) is 0 Å². The Bertz CT molecular complexity index is 303. The minimum Gasteiger partial charge on any atom is -0.461 e. The second-order valence-corrected chi connectivity index (χ2v) is 7.90. The van der Waals surface area contributed by atoms with Crippen molar-refractivity contribution >= 4 is 49.4 Å². The molecule has 0 saturated carbocycles. The summed E-state index contributed by atoms with van der Waals surface area (Å²) in [7, 11) is 0. The molecule has 1 fully saturated rings. The summed E-state index contributed by atoms with van der Waals surface area (Å²) in [5.74, 6) is -2.02. The number of esters is 1. The van der Waals surface area contributed by atoms with Gasteiger partial charge in [0, 0.05) is 13.3 Å². The second kappa shape index (κ2) is 6.88. The summed E-state index contributed by atoms with van der Waals surface area (Å²) < 4.78 is 10.3. The van der Waals surface area contributed by atoms with Crippen LogP contribution in [0.4, 0.5) is 0 Å². The zero-order valence-corrected chi connectivity index (χ0v) is 14.2. The van der Waals surface area contributed by atoms with E-state index in [9.17, 15) is 9.90 Å². The molecule has 0 aromatic heterocycles.